The van der Waals surface area contributed by atoms with Crippen LogP contribution in [0.3, 0.4) is 0 Å². The van der Waals surface area contributed by atoms with Gasteiger partial charge in [0.25, 0.3) is 0 Å². The SMILES string of the molecule is CCCCCCCCCCCCC(=O)O[C@H](COC(=O)CCCCCCCCC)COP(=O)(O)OC[C@H](O)COP(=O)(O)OC[C@@H](COC(=O)CCCCCCCCCC(C)C)OC(=O)CCCCCCCCCCCCCCCCC(C)CC. The van der Waals surface area contributed by atoms with E-state index >= 15 is 0 Å². The van der Waals surface area contributed by atoms with E-state index in [1.54, 1.807) is 0 Å². The highest BCUT2D eigenvalue weighted by Gasteiger charge is 2.30. The Morgan fingerprint density at radius 3 is 0.894 bits per heavy atom. The Kier molecular flexibility index (Phi) is 57.1. The van der Waals surface area contributed by atoms with Crippen LogP contribution in [-0.4, -0.2) is 96.7 Å². The van der Waals surface area contributed by atoms with E-state index in [2.05, 4.69) is 41.5 Å². The molecule has 0 bridgehead atoms. The van der Waals surface area contributed by atoms with Crippen molar-refractivity contribution in [1.29, 1.82) is 0 Å². The molecule has 0 aliphatic heterocycles. The summed E-state index contributed by atoms with van der Waals surface area (Å²) < 4.78 is 68.0. The van der Waals surface area contributed by atoms with Crippen molar-refractivity contribution < 1.29 is 80.2 Å². The van der Waals surface area contributed by atoms with E-state index in [4.69, 9.17) is 37.0 Å². The molecule has 19 heteroatoms. The second-order valence-electron chi connectivity index (χ2n) is 24.6. The van der Waals surface area contributed by atoms with E-state index in [0.29, 0.717) is 31.6 Å². The first-order valence-corrected chi connectivity index (χ1v) is 37.5. The molecule has 0 aliphatic rings. The molecule has 0 amide bonds. The molecule has 0 radical (unpaired) electrons. The molecule has 0 saturated carbocycles. The summed E-state index contributed by atoms with van der Waals surface area (Å²) in [5.41, 5.74) is 0. The van der Waals surface area contributed by atoms with Gasteiger partial charge in [-0.2, -0.15) is 0 Å². The van der Waals surface area contributed by atoms with E-state index in [1.807, 2.05) is 0 Å². The van der Waals surface area contributed by atoms with Crippen LogP contribution >= 0.6 is 15.6 Å². The number of rotatable bonds is 65. The minimum atomic E-state index is -4.95. The van der Waals surface area contributed by atoms with Gasteiger partial charge in [0, 0.05) is 25.7 Å². The fourth-order valence-electron chi connectivity index (χ4n) is 9.85. The molecule has 3 unspecified atom stereocenters. The number of carbonyl (C=O) groups is 4. The van der Waals surface area contributed by atoms with E-state index in [1.165, 1.54) is 128 Å². The van der Waals surface area contributed by atoms with E-state index < -0.39 is 97.5 Å². The van der Waals surface area contributed by atoms with Crippen LogP contribution in [0.25, 0.3) is 0 Å². The number of phosphoric ester groups is 2. The van der Waals surface area contributed by atoms with Gasteiger partial charge in [0.1, 0.15) is 19.3 Å². The van der Waals surface area contributed by atoms with Crippen LogP contribution in [0.15, 0.2) is 0 Å². The minimum Gasteiger partial charge on any atom is -0.462 e. The highest BCUT2D eigenvalue weighted by molar-refractivity contribution is 7.47. The molecular weight excluding hydrogens is 1130 g/mol. The Balaban J connectivity index is 5.17. The van der Waals surface area contributed by atoms with Gasteiger partial charge in [0.05, 0.1) is 26.4 Å². The fraction of sp³-hybridized carbons (Fsp3) is 0.939. The molecule has 0 aromatic rings. The quantitative estimate of drug-likeness (QED) is 0.0222. The molecule has 0 heterocycles. The Hall–Kier alpha value is -1.94. The second-order valence-corrected chi connectivity index (χ2v) is 27.5. The maximum atomic E-state index is 13.0. The van der Waals surface area contributed by atoms with Crippen molar-refractivity contribution in [3.05, 3.63) is 0 Å². The molecule has 85 heavy (non-hydrogen) atoms. The monoisotopic (exact) mass is 1250 g/mol. The van der Waals surface area contributed by atoms with Gasteiger partial charge in [0.2, 0.25) is 0 Å². The van der Waals surface area contributed by atoms with Gasteiger partial charge in [-0.1, -0.05) is 279 Å². The lowest BCUT2D eigenvalue weighted by atomic mass is 9.99. The highest BCUT2D eigenvalue weighted by Crippen LogP contribution is 2.45. The minimum absolute atomic E-state index is 0.106. The number of aliphatic hydroxyl groups is 1. The molecular formula is C66H128O17P2. The number of carbonyl (C=O) groups excluding carboxylic acids is 4. The summed E-state index contributed by atoms with van der Waals surface area (Å²) in [5, 5.41) is 10.5. The number of hydrogen-bond donors (Lipinski definition) is 3. The third kappa shape index (κ3) is 59.5. The number of aliphatic hydroxyl groups excluding tert-OH is 1. The first-order chi connectivity index (χ1) is 40.9. The van der Waals surface area contributed by atoms with Crippen LogP contribution in [0.1, 0.15) is 330 Å². The van der Waals surface area contributed by atoms with Crippen LogP contribution < -0.4 is 0 Å². The van der Waals surface area contributed by atoms with Gasteiger partial charge in [-0.3, -0.25) is 37.3 Å². The molecule has 504 valence electrons. The molecule has 0 saturated heterocycles. The van der Waals surface area contributed by atoms with Gasteiger partial charge in [-0.05, 0) is 37.5 Å². The summed E-state index contributed by atoms with van der Waals surface area (Å²) in [6.45, 7) is 9.46. The van der Waals surface area contributed by atoms with Gasteiger partial charge >= 0.3 is 39.5 Å². The van der Waals surface area contributed by atoms with Crippen molar-refractivity contribution in [2.24, 2.45) is 11.8 Å². The Morgan fingerprint density at radius 1 is 0.341 bits per heavy atom. The maximum Gasteiger partial charge on any atom is 0.472 e. The predicted octanol–water partition coefficient (Wildman–Crippen LogP) is 18.4. The molecule has 0 aliphatic carbocycles. The topological polar surface area (TPSA) is 237 Å². The van der Waals surface area contributed by atoms with Crippen LogP contribution in [0.5, 0.6) is 0 Å². The zero-order valence-electron chi connectivity index (χ0n) is 54.9. The zero-order chi connectivity index (χ0) is 62.9. The molecule has 17 nitrogen and oxygen atoms in total. The van der Waals surface area contributed by atoms with Gasteiger partial charge in [-0.15, -0.1) is 0 Å². The zero-order valence-corrected chi connectivity index (χ0v) is 56.7. The third-order valence-electron chi connectivity index (χ3n) is 15.6. The number of unbranched alkanes of at least 4 members (excludes halogenated alkanes) is 34. The lowest BCUT2D eigenvalue weighted by Crippen LogP contribution is -2.30. The Labute approximate surface area is 517 Å². The number of esters is 4. The molecule has 0 aromatic carbocycles. The Morgan fingerprint density at radius 2 is 0.600 bits per heavy atom. The molecule has 0 rings (SSSR count). The summed E-state index contributed by atoms with van der Waals surface area (Å²) in [6.07, 6.45) is 41.8. The lowest BCUT2D eigenvalue weighted by Gasteiger charge is -2.21. The molecule has 6 atom stereocenters. The van der Waals surface area contributed by atoms with Crippen molar-refractivity contribution >= 4 is 39.5 Å². The predicted molar refractivity (Wildman–Crippen MR) is 340 cm³/mol. The van der Waals surface area contributed by atoms with Crippen molar-refractivity contribution in [3.63, 3.8) is 0 Å². The van der Waals surface area contributed by atoms with E-state index in [9.17, 15) is 43.2 Å². The molecule has 0 aromatic heterocycles. The molecule has 0 spiro atoms. The van der Waals surface area contributed by atoms with Gasteiger partial charge in [0.15, 0.2) is 12.2 Å². The average Bonchev–Trinajstić information content (AvgIpc) is 3.58. The standard InChI is InChI=1S/C66H128O17P2/c1-7-10-12-14-16-17-25-31-38-44-50-65(70)82-61(54-76-63(68)48-42-36-28-15-13-11-8-2)56-80-84(72,73)78-52-60(67)53-79-85(74,75)81-57-62(55-77-64(69)49-43-37-33-27-29-34-40-46-58(4)5)83-66(71)51-45-39-32-26-23-21-19-18-20-22-24-30-35-41-47-59(6)9-3/h58-62,67H,7-57H2,1-6H3,(H,72,73)(H,74,75)/t59?,60-,61+,62+/m0/s1. The summed E-state index contributed by atoms with van der Waals surface area (Å²) in [6, 6.07) is 0. The van der Waals surface area contributed by atoms with Crippen LogP contribution in [-0.2, 0) is 65.4 Å². The largest absolute Gasteiger partial charge is 0.472 e. The average molecular weight is 1260 g/mol. The lowest BCUT2D eigenvalue weighted by molar-refractivity contribution is -0.161. The van der Waals surface area contributed by atoms with Crippen molar-refractivity contribution in [1.82, 2.24) is 0 Å². The summed E-state index contributed by atoms with van der Waals surface area (Å²) in [4.78, 5) is 72.1. The van der Waals surface area contributed by atoms with Crippen molar-refractivity contribution in [3.8, 4) is 0 Å². The van der Waals surface area contributed by atoms with Crippen molar-refractivity contribution in [2.45, 2.75) is 349 Å². The molecule has 0 fully saturated rings. The van der Waals surface area contributed by atoms with Crippen LogP contribution in [0.2, 0.25) is 0 Å². The van der Waals surface area contributed by atoms with Crippen LogP contribution in [0, 0.1) is 11.8 Å². The Bertz CT molecular complexity index is 1670. The van der Waals surface area contributed by atoms with Gasteiger partial charge in [-0.25, -0.2) is 9.13 Å². The maximum absolute atomic E-state index is 13.0. The van der Waals surface area contributed by atoms with E-state index in [-0.39, 0.29) is 25.7 Å². The summed E-state index contributed by atoms with van der Waals surface area (Å²) >= 11 is 0. The van der Waals surface area contributed by atoms with E-state index in [0.717, 1.165) is 115 Å². The summed E-state index contributed by atoms with van der Waals surface area (Å²) in [7, 11) is -9.88. The highest BCUT2D eigenvalue weighted by atomic mass is 31.2. The fourth-order valence-corrected chi connectivity index (χ4v) is 11.4. The third-order valence-corrected chi connectivity index (χ3v) is 17.5. The van der Waals surface area contributed by atoms with Crippen LogP contribution in [0.4, 0.5) is 0 Å². The number of ether oxygens (including phenoxy) is 4. The van der Waals surface area contributed by atoms with Crippen molar-refractivity contribution in [2.75, 3.05) is 39.6 Å². The first-order valence-electron chi connectivity index (χ1n) is 34.5. The smallest absolute Gasteiger partial charge is 0.462 e. The first kappa shape index (κ1) is 83.1. The molecule has 3 N–H and O–H groups in total. The van der Waals surface area contributed by atoms with Gasteiger partial charge < -0.3 is 33.8 Å². The second kappa shape index (κ2) is 58.4. The normalized spacial score (nSPS) is 14.6. The number of hydrogen-bond acceptors (Lipinski definition) is 15. The summed E-state index contributed by atoms with van der Waals surface area (Å²) in [5.74, 6) is -0.585. The number of phosphoric acid groups is 2.